The zero-order valence-corrected chi connectivity index (χ0v) is 13.4. The van der Waals surface area contributed by atoms with Crippen molar-refractivity contribution in [3.8, 4) is 0 Å². The highest BCUT2D eigenvalue weighted by molar-refractivity contribution is 6.30. The van der Waals surface area contributed by atoms with Gasteiger partial charge in [-0.15, -0.1) is 0 Å². The third kappa shape index (κ3) is 5.73. The smallest absolute Gasteiger partial charge is 0.318 e. The zero-order chi connectivity index (χ0) is 16.0. The van der Waals surface area contributed by atoms with E-state index in [4.69, 9.17) is 17.3 Å². The van der Waals surface area contributed by atoms with Crippen LogP contribution in [0.3, 0.4) is 0 Å². The quantitative estimate of drug-likeness (QED) is 0.846. The van der Waals surface area contributed by atoms with Gasteiger partial charge in [0.2, 0.25) is 5.91 Å². The van der Waals surface area contributed by atoms with E-state index in [1.165, 1.54) is 5.56 Å². The molecule has 0 spiro atoms. The van der Waals surface area contributed by atoms with Crippen molar-refractivity contribution in [3.63, 3.8) is 0 Å². The summed E-state index contributed by atoms with van der Waals surface area (Å²) in [6, 6.07) is 7.20. The largest absolute Gasteiger partial charge is 0.351 e. The van der Waals surface area contributed by atoms with E-state index >= 15 is 0 Å². The Morgan fingerprint density at radius 1 is 1.29 bits per heavy atom. The van der Waals surface area contributed by atoms with Gasteiger partial charge in [-0.3, -0.25) is 10.1 Å². The average molecular weight is 312 g/mol. The summed E-state index contributed by atoms with van der Waals surface area (Å²) in [6.07, 6.45) is 0.233. The molecule has 3 amide bonds. The lowest BCUT2D eigenvalue weighted by atomic mass is 9.93. The number of nitrogens with zero attached hydrogens (tertiary/aromatic N) is 1. The fourth-order valence-electron chi connectivity index (χ4n) is 2.11. The van der Waals surface area contributed by atoms with Crippen molar-refractivity contribution in [1.82, 2.24) is 10.2 Å². The molecule has 0 aliphatic carbocycles. The predicted octanol–water partition coefficient (Wildman–Crippen LogP) is 2.35. The first-order chi connectivity index (χ1) is 9.81. The maximum Gasteiger partial charge on any atom is 0.318 e. The lowest BCUT2D eigenvalue weighted by Crippen LogP contribution is -2.39. The fraction of sp³-hybridized carbons (Fsp3) is 0.467. The lowest BCUT2D eigenvalue weighted by molar-refractivity contribution is -0.120. The van der Waals surface area contributed by atoms with Gasteiger partial charge in [0, 0.05) is 24.0 Å². The molecule has 1 rings (SSSR count). The summed E-state index contributed by atoms with van der Waals surface area (Å²) in [7, 11) is 1.95. The Labute approximate surface area is 130 Å². The highest BCUT2D eigenvalue weighted by Gasteiger charge is 2.19. The molecule has 5 nitrogen and oxygen atoms in total. The second-order valence-corrected chi connectivity index (χ2v) is 5.66. The standard InChI is InChI=1S/C15H22ClN3O2/c1-10(12-4-6-13(16)7-5-12)11(2)19(3)9-8-14(20)18-15(17)21/h4-7,10-11H,8-9H2,1-3H3,(H3,17,18,20,21)/t10-,11-/m1/s1. The molecule has 1 aromatic carbocycles. The van der Waals surface area contributed by atoms with E-state index in [9.17, 15) is 9.59 Å². The normalized spacial score (nSPS) is 13.8. The van der Waals surface area contributed by atoms with Crippen molar-refractivity contribution in [3.05, 3.63) is 34.9 Å². The molecule has 1 aromatic rings. The van der Waals surface area contributed by atoms with Crippen LogP contribution in [0.25, 0.3) is 0 Å². The fourth-order valence-corrected chi connectivity index (χ4v) is 2.23. The molecule has 21 heavy (non-hydrogen) atoms. The number of rotatable bonds is 6. The molecule has 0 fully saturated rings. The first kappa shape index (κ1) is 17.5. The number of amides is 3. The number of carbonyl (C=O) groups is 2. The van der Waals surface area contributed by atoms with Gasteiger partial charge in [-0.05, 0) is 37.6 Å². The molecule has 0 aromatic heterocycles. The average Bonchev–Trinajstić information content (AvgIpc) is 2.43. The van der Waals surface area contributed by atoms with Gasteiger partial charge in [-0.1, -0.05) is 30.7 Å². The third-order valence-corrected chi connectivity index (χ3v) is 4.02. The van der Waals surface area contributed by atoms with Crippen LogP contribution in [0, 0.1) is 0 Å². The van der Waals surface area contributed by atoms with Crippen LogP contribution >= 0.6 is 11.6 Å². The maximum absolute atomic E-state index is 11.4. The molecule has 2 atom stereocenters. The Morgan fingerprint density at radius 3 is 2.38 bits per heavy atom. The van der Waals surface area contributed by atoms with Crippen LogP contribution in [-0.4, -0.2) is 36.5 Å². The lowest BCUT2D eigenvalue weighted by Gasteiger charge is -2.30. The van der Waals surface area contributed by atoms with Gasteiger partial charge in [0.25, 0.3) is 0 Å². The number of benzene rings is 1. The minimum atomic E-state index is -0.815. The molecule has 0 radical (unpaired) electrons. The molecule has 0 aliphatic heterocycles. The topological polar surface area (TPSA) is 75.4 Å². The second kappa shape index (κ2) is 8.00. The van der Waals surface area contributed by atoms with Gasteiger partial charge in [0.1, 0.15) is 0 Å². The molecule has 0 unspecified atom stereocenters. The molecule has 116 valence electrons. The minimum Gasteiger partial charge on any atom is -0.351 e. The van der Waals surface area contributed by atoms with Crippen LogP contribution in [0.15, 0.2) is 24.3 Å². The van der Waals surface area contributed by atoms with E-state index in [1.807, 2.05) is 31.3 Å². The van der Waals surface area contributed by atoms with Gasteiger partial charge in [-0.2, -0.15) is 0 Å². The summed E-state index contributed by atoms with van der Waals surface area (Å²) in [4.78, 5) is 24.1. The zero-order valence-electron chi connectivity index (χ0n) is 12.6. The van der Waals surface area contributed by atoms with E-state index in [0.29, 0.717) is 12.5 Å². The summed E-state index contributed by atoms with van der Waals surface area (Å²) in [6.45, 7) is 4.79. The van der Waals surface area contributed by atoms with Crippen LogP contribution in [-0.2, 0) is 4.79 Å². The summed E-state index contributed by atoms with van der Waals surface area (Å²) in [5.74, 6) is -0.0628. The molecule has 0 heterocycles. The number of primary amides is 1. The van der Waals surface area contributed by atoms with Gasteiger partial charge < -0.3 is 10.6 Å². The first-order valence-corrected chi connectivity index (χ1v) is 7.24. The van der Waals surface area contributed by atoms with Gasteiger partial charge >= 0.3 is 6.03 Å². The van der Waals surface area contributed by atoms with Crippen LogP contribution in [0.4, 0.5) is 4.79 Å². The highest BCUT2D eigenvalue weighted by Crippen LogP contribution is 2.23. The number of imide groups is 1. The third-order valence-electron chi connectivity index (χ3n) is 3.77. The molecule has 0 aliphatic rings. The van der Waals surface area contributed by atoms with Crippen molar-refractivity contribution < 1.29 is 9.59 Å². The van der Waals surface area contributed by atoms with E-state index in [-0.39, 0.29) is 18.4 Å². The number of urea groups is 1. The number of nitrogens with two attached hydrogens (primary N) is 1. The number of hydrogen-bond donors (Lipinski definition) is 2. The van der Waals surface area contributed by atoms with Crippen molar-refractivity contribution in [1.29, 1.82) is 0 Å². The Morgan fingerprint density at radius 2 is 1.86 bits per heavy atom. The van der Waals surface area contributed by atoms with E-state index in [2.05, 4.69) is 24.1 Å². The summed E-state index contributed by atoms with van der Waals surface area (Å²) in [5.41, 5.74) is 6.10. The Kier molecular flexibility index (Phi) is 6.65. The van der Waals surface area contributed by atoms with E-state index in [1.54, 1.807) is 0 Å². The van der Waals surface area contributed by atoms with Crippen molar-refractivity contribution in [2.45, 2.75) is 32.2 Å². The predicted molar refractivity (Wildman–Crippen MR) is 84.3 cm³/mol. The van der Waals surface area contributed by atoms with Crippen LogP contribution in [0.5, 0.6) is 0 Å². The summed E-state index contributed by atoms with van der Waals surface area (Å²) in [5, 5.41) is 2.78. The van der Waals surface area contributed by atoms with Crippen LogP contribution < -0.4 is 11.1 Å². The molecule has 0 bridgehead atoms. The molecule has 0 saturated carbocycles. The van der Waals surface area contributed by atoms with Crippen molar-refractivity contribution in [2.75, 3.05) is 13.6 Å². The monoisotopic (exact) mass is 311 g/mol. The summed E-state index contributed by atoms with van der Waals surface area (Å²) < 4.78 is 0. The van der Waals surface area contributed by atoms with E-state index in [0.717, 1.165) is 5.02 Å². The number of likely N-dealkylation sites (N-methyl/N-ethyl adjacent to an activating group) is 1. The Hall–Kier alpha value is -1.59. The first-order valence-electron chi connectivity index (χ1n) is 6.86. The molecular formula is C15H22ClN3O2. The van der Waals surface area contributed by atoms with Gasteiger partial charge in [-0.25, -0.2) is 4.79 Å². The second-order valence-electron chi connectivity index (χ2n) is 5.22. The van der Waals surface area contributed by atoms with Crippen LogP contribution in [0.1, 0.15) is 31.7 Å². The van der Waals surface area contributed by atoms with Gasteiger partial charge in [0.05, 0.1) is 0 Å². The minimum absolute atomic E-state index is 0.233. The highest BCUT2D eigenvalue weighted by atomic mass is 35.5. The number of hydrogen-bond acceptors (Lipinski definition) is 3. The number of carbonyl (C=O) groups excluding carboxylic acids is 2. The van der Waals surface area contributed by atoms with Crippen molar-refractivity contribution in [2.24, 2.45) is 5.73 Å². The summed E-state index contributed by atoms with van der Waals surface area (Å²) >= 11 is 5.89. The molecule has 3 N–H and O–H groups in total. The molecular weight excluding hydrogens is 290 g/mol. The number of halogens is 1. The van der Waals surface area contributed by atoms with E-state index < -0.39 is 6.03 Å². The Bertz CT molecular complexity index is 490. The van der Waals surface area contributed by atoms with Crippen molar-refractivity contribution >= 4 is 23.5 Å². The maximum atomic E-state index is 11.4. The van der Waals surface area contributed by atoms with Crippen LogP contribution in [0.2, 0.25) is 5.02 Å². The Balaban J connectivity index is 2.53. The van der Waals surface area contributed by atoms with Gasteiger partial charge in [0.15, 0.2) is 0 Å². The number of nitrogens with one attached hydrogen (secondary N) is 1. The molecule has 0 saturated heterocycles. The molecule has 6 heteroatoms. The SMILES string of the molecule is C[C@H]([C@@H](C)c1ccc(Cl)cc1)N(C)CCC(=O)NC(N)=O.